The van der Waals surface area contributed by atoms with Crippen LogP contribution in [0.1, 0.15) is 12.5 Å². The van der Waals surface area contributed by atoms with Gasteiger partial charge in [-0.05, 0) is 19.1 Å². The van der Waals surface area contributed by atoms with Crippen LogP contribution in [0, 0.1) is 6.92 Å². The second kappa shape index (κ2) is 5.35. The molecule has 0 aliphatic heterocycles. The van der Waals surface area contributed by atoms with E-state index in [4.69, 9.17) is 5.73 Å². The Balaban J connectivity index is 2.00. The topological polar surface area (TPSA) is 63.8 Å². The molecule has 0 saturated heterocycles. The fourth-order valence-corrected chi connectivity index (χ4v) is 2.71. The molecule has 0 fully saturated rings. The fraction of sp³-hybridized carbons (Fsp3) is 0.308. The molecule has 1 heterocycles. The minimum atomic E-state index is -0.0798. The fourth-order valence-electron chi connectivity index (χ4n) is 1.73. The largest absolute Gasteiger partial charge is 0.384 e. The van der Waals surface area contributed by atoms with Crippen LogP contribution in [0.4, 0.5) is 5.82 Å². The van der Waals surface area contributed by atoms with Gasteiger partial charge in [0.1, 0.15) is 5.82 Å². The molecule has 2 rings (SSSR count). The molecule has 0 bridgehead atoms. The summed E-state index contributed by atoms with van der Waals surface area (Å²) in [5.74, 6) is 0.410. The van der Waals surface area contributed by atoms with Crippen molar-refractivity contribution in [2.24, 2.45) is 0 Å². The lowest BCUT2D eigenvalue weighted by atomic mass is 10.2. The van der Waals surface area contributed by atoms with Gasteiger partial charge in [0.05, 0.1) is 6.54 Å². The van der Waals surface area contributed by atoms with Crippen molar-refractivity contribution in [3.05, 3.63) is 46.2 Å². The second-order valence-electron chi connectivity index (χ2n) is 4.40. The first-order chi connectivity index (χ1) is 8.54. The molecule has 1 unspecified atom stereocenters. The lowest BCUT2D eigenvalue weighted by Gasteiger charge is -2.11. The summed E-state index contributed by atoms with van der Waals surface area (Å²) in [5, 5.41) is 3.13. The van der Waals surface area contributed by atoms with Gasteiger partial charge in [0.2, 0.25) is 0 Å². The predicted molar refractivity (Wildman–Crippen MR) is 76.0 cm³/mol. The second-order valence-corrected chi connectivity index (χ2v) is 5.91. The minimum Gasteiger partial charge on any atom is -0.384 e. The number of benzene rings is 1. The minimum absolute atomic E-state index is 0.0798. The molecule has 0 aliphatic carbocycles. The van der Waals surface area contributed by atoms with Crippen molar-refractivity contribution in [2.45, 2.75) is 30.5 Å². The van der Waals surface area contributed by atoms with Crippen LogP contribution >= 0.6 is 11.8 Å². The zero-order valence-electron chi connectivity index (χ0n) is 10.5. The molecule has 0 saturated carbocycles. The third-order valence-corrected chi connectivity index (χ3v) is 3.70. The monoisotopic (exact) mass is 263 g/mol. The van der Waals surface area contributed by atoms with Gasteiger partial charge >= 0.3 is 0 Å². The zero-order valence-corrected chi connectivity index (χ0v) is 11.3. The average Bonchev–Trinajstić information content (AvgIpc) is 2.61. The van der Waals surface area contributed by atoms with Crippen LogP contribution in [0.3, 0.4) is 0 Å². The van der Waals surface area contributed by atoms with Crippen molar-refractivity contribution >= 4 is 17.6 Å². The van der Waals surface area contributed by atoms with Crippen molar-refractivity contribution in [1.82, 2.24) is 9.78 Å². The molecule has 4 nitrogen and oxygen atoms in total. The van der Waals surface area contributed by atoms with E-state index in [9.17, 15) is 4.79 Å². The summed E-state index contributed by atoms with van der Waals surface area (Å²) in [7, 11) is 0. The quantitative estimate of drug-likeness (QED) is 0.832. The third kappa shape index (κ3) is 3.20. The Kier molecular flexibility index (Phi) is 3.81. The summed E-state index contributed by atoms with van der Waals surface area (Å²) in [6, 6.07) is 9.79. The number of hydrogen-bond acceptors (Lipinski definition) is 3. The first kappa shape index (κ1) is 12.8. The van der Waals surface area contributed by atoms with E-state index in [-0.39, 0.29) is 5.56 Å². The highest BCUT2D eigenvalue weighted by Gasteiger charge is 2.08. The van der Waals surface area contributed by atoms with Gasteiger partial charge in [-0.2, -0.15) is 0 Å². The number of aryl methyl sites for hydroxylation is 1. The molecule has 0 amide bonds. The molecular weight excluding hydrogens is 246 g/mol. The molecule has 2 aromatic rings. The molecule has 0 spiro atoms. The molecule has 1 atom stereocenters. The summed E-state index contributed by atoms with van der Waals surface area (Å²) in [4.78, 5) is 12.7. The van der Waals surface area contributed by atoms with Crippen LogP contribution in [-0.2, 0) is 6.54 Å². The highest BCUT2D eigenvalue weighted by Crippen LogP contribution is 2.24. The van der Waals surface area contributed by atoms with E-state index in [0.29, 0.717) is 17.6 Å². The summed E-state index contributed by atoms with van der Waals surface area (Å²) in [6.45, 7) is 4.78. The Morgan fingerprint density at radius 1 is 1.39 bits per heavy atom. The third-order valence-electron chi connectivity index (χ3n) is 2.61. The van der Waals surface area contributed by atoms with Gasteiger partial charge in [0.15, 0.2) is 0 Å². The first-order valence-electron chi connectivity index (χ1n) is 5.83. The predicted octanol–water partition coefficient (Wildman–Crippen LogP) is 2.25. The van der Waals surface area contributed by atoms with E-state index in [1.165, 1.54) is 16.5 Å². The van der Waals surface area contributed by atoms with E-state index in [0.717, 1.165) is 0 Å². The molecule has 96 valence electrons. The Morgan fingerprint density at radius 2 is 2.06 bits per heavy atom. The van der Waals surface area contributed by atoms with E-state index in [1.807, 2.05) is 0 Å². The van der Waals surface area contributed by atoms with Crippen molar-refractivity contribution in [2.75, 3.05) is 5.73 Å². The summed E-state index contributed by atoms with van der Waals surface area (Å²) < 4.78 is 1.54. The number of nitrogens with one attached hydrogen (secondary N) is 1. The standard InChI is InChI=1S/C13H17N3OS/c1-9-3-5-11(6-4-9)18-10(2)8-16-13(17)7-12(14)15-16/h3-7,10,15H,8,14H2,1-2H3. The number of anilines is 1. The Labute approximate surface area is 110 Å². The first-order valence-corrected chi connectivity index (χ1v) is 6.71. The Morgan fingerprint density at radius 3 is 2.61 bits per heavy atom. The number of hydrogen-bond donors (Lipinski definition) is 2. The SMILES string of the molecule is Cc1ccc(SC(C)Cn2[nH]c(N)cc2=O)cc1. The van der Waals surface area contributed by atoms with Crippen LogP contribution in [0.5, 0.6) is 0 Å². The molecule has 3 N–H and O–H groups in total. The molecule has 0 aliphatic rings. The number of aromatic nitrogens is 2. The maximum atomic E-state index is 11.5. The lowest BCUT2D eigenvalue weighted by Crippen LogP contribution is -2.21. The van der Waals surface area contributed by atoms with Crippen molar-refractivity contribution in [3.8, 4) is 0 Å². The van der Waals surface area contributed by atoms with Gasteiger partial charge in [-0.1, -0.05) is 24.6 Å². The number of rotatable bonds is 4. The maximum absolute atomic E-state index is 11.5. The van der Waals surface area contributed by atoms with Gasteiger partial charge in [0.25, 0.3) is 5.56 Å². The van der Waals surface area contributed by atoms with Crippen LogP contribution in [-0.4, -0.2) is 15.0 Å². The molecule has 1 aromatic heterocycles. The lowest BCUT2D eigenvalue weighted by molar-refractivity contribution is 0.597. The highest BCUT2D eigenvalue weighted by molar-refractivity contribution is 7.99. The number of thioether (sulfide) groups is 1. The summed E-state index contributed by atoms with van der Waals surface area (Å²) >= 11 is 1.74. The normalized spacial score (nSPS) is 12.6. The Bertz CT molecular complexity index is 571. The van der Waals surface area contributed by atoms with Gasteiger partial charge in [-0.25, -0.2) is 0 Å². The average molecular weight is 263 g/mol. The van der Waals surface area contributed by atoms with Crippen LogP contribution < -0.4 is 11.3 Å². The van der Waals surface area contributed by atoms with E-state index in [2.05, 4.69) is 43.2 Å². The highest BCUT2D eigenvalue weighted by atomic mass is 32.2. The number of aromatic amines is 1. The zero-order chi connectivity index (χ0) is 13.1. The molecule has 18 heavy (non-hydrogen) atoms. The smallest absolute Gasteiger partial charge is 0.268 e. The van der Waals surface area contributed by atoms with Gasteiger partial charge in [0, 0.05) is 16.2 Å². The van der Waals surface area contributed by atoms with Crippen molar-refractivity contribution in [3.63, 3.8) is 0 Å². The summed E-state index contributed by atoms with van der Waals surface area (Å²) in [6.07, 6.45) is 0. The summed E-state index contributed by atoms with van der Waals surface area (Å²) in [5.41, 5.74) is 6.71. The molecule has 1 aromatic carbocycles. The Hall–Kier alpha value is -1.62. The van der Waals surface area contributed by atoms with E-state index >= 15 is 0 Å². The van der Waals surface area contributed by atoms with E-state index < -0.39 is 0 Å². The van der Waals surface area contributed by atoms with Crippen LogP contribution in [0.2, 0.25) is 0 Å². The van der Waals surface area contributed by atoms with Gasteiger partial charge < -0.3 is 5.73 Å². The number of nitrogens with zero attached hydrogens (tertiary/aromatic N) is 1. The molecule has 5 heteroatoms. The van der Waals surface area contributed by atoms with Gasteiger partial charge in [-0.15, -0.1) is 11.8 Å². The van der Waals surface area contributed by atoms with E-state index in [1.54, 1.807) is 16.4 Å². The van der Waals surface area contributed by atoms with Crippen molar-refractivity contribution < 1.29 is 0 Å². The van der Waals surface area contributed by atoms with Crippen molar-refractivity contribution in [1.29, 1.82) is 0 Å². The number of nitrogen functional groups attached to an aromatic ring is 1. The maximum Gasteiger partial charge on any atom is 0.268 e. The van der Waals surface area contributed by atoms with Crippen LogP contribution in [0.15, 0.2) is 40.0 Å². The number of H-pyrrole nitrogens is 1. The van der Waals surface area contributed by atoms with Crippen LogP contribution in [0.25, 0.3) is 0 Å². The van der Waals surface area contributed by atoms with Gasteiger partial charge in [-0.3, -0.25) is 14.6 Å². The number of nitrogens with two attached hydrogens (primary N) is 1. The molecular formula is C13H17N3OS. The molecule has 0 radical (unpaired) electrons.